The smallest absolute Gasteiger partial charge is 0.261 e. The number of hydrogen-bond acceptors (Lipinski definition) is 4. The Morgan fingerprint density at radius 1 is 1.21 bits per heavy atom. The normalized spacial score (nSPS) is 13.1. The topological polar surface area (TPSA) is 84.5 Å². The van der Waals surface area contributed by atoms with Crippen LogP contribution in [0, 0.1) is 0 Å². The first-order valence-electron chi connectivity index (χ1n) is 7.21. The van der Waals surface area contributed by atoms with Gasteiger partial charge in [0.1, 0.15) is 5.75 Å². The van der Waals surface area contributed by atoms with E-state index in [1.165, 1.54) is 25.1 Å². The van der Waals surface area contributed by atoms with Gasteiger partial charge in [0.05, 0.1) is 22.2 Å². The van der Waals surface area contributed by atoms with Crippen molar-refractivity contribution in [2.45, 2.75) is 18.2 Å². The summed E-state index contributed by atoms with van der Waals surface area (Å²) >= 11 is 6.10. The van der Waals surface area contributed by atoms with Crippen LogP contribution in [0.5, 0.6) is 5.75 Å². The minimum Gasteiger partial charge on any atom is -0.493 e. The molecule has 2 aromatic carbocycles. The summed E-state index contributed by atoms with van der Waals surface area (Å²) in [5.41, 5.74) is 1.60. The number of carbonyl (C=O) groups excluding carboxylic acids is 1. The van der Waals surface area contributed by atoms with Gasteiger partial charge in [-0.05, 0) is 42.0 Å². The Kier molecular flexibility index (Phi) is 4.38. The molecule has 0 bridgehead atoms. The molecule has 0 aromatic heterocycles. The van der Waals surface area contributed by atoms with Gasteiger partial charge in [-0.25, -0.2) is 8.42 Å². The van der Waals surface area contributed by atoms with Crippen LogP contribution in [0.25, 0.3) is 0 Å². The lowest BCUT2D eigenvalue weighted by Gasteiger charge is -2.12. The summed E-state index contributed by atoms with van der Waals surface area (Å²) in [5.74, 6) is 0.478. The molecular weight excluding hydrogens is 352 g/mol. The molecule has 0 aliphatic carbocycles. The molecule has 2 aromatic rings. The number of halogens is 1. The van der Waals surface area contributed by atoms with E-state index in [9.17, 15) is 13.2 Å². The van der Waals surface area contributed by atoms with E-state index in [0.717, 1.165) is 5.56 Å². The molecule has 1 heterocycles. The van der Waals surface area contributed by atoms with Crippen molar-refractivity contribution in [3.05, 3.63) is 47.0 Å². The van der Waals surface area contributed by atoms with Crippen molar-refractivity contribution in [3.63, 3.8) is 0 Å². The molecule has 0 saturated carbocycles. The van der Waals surface area contributed by atoms with Crippen LogP contribution >= 0.6 is 11.6 Å². The second kappa shape index (κ2) is 6.33. The van der Waals surface area contributed by atoms with Crippen LogP contribution < -0.4 is 14.8 Å². The van der Waals surface area contributed by atoms with Crippen molar-refractivity contribution in [2.75, 3.05) is 16.6 Å². The molecule has 1 amide bonds. The molecule has 0 spiro atoms. The summed E-state index contributed by atoms with van der Waals surface area (Å²) in [7, 11) is -3.77. The fourth-order valence-electron chi connectivity index (χ4n) is 2.41. The molecule has 0 unspecified atom stereocenters. The van der Waals surface area contributed by atoms with Crippen molar-refractivity contribution in [3.8, 4) is 5.75 Å². The van der Waals surface area contributed by atoms with E-state index < -0.39 is 10.0 Å². The zero-order valence-corrected chi connectivity index (χ0v) is 14.4. The predicted octanol–water partition coefficient (Wildman–Crippen LogP) is 3.03. The summed E-state index contributed by atoms with van der Waals surface area (Å²) in [6.07, 6.45) is 0.685. The lowest BCUT2D eigenvalue weighted by molar-refractivity contribution is -0.114. The number of anilines is 2. The van der Waals surface area contributed by atoms with Gasteiger partial charge in [-0.15, -0.1) is 0 Å². The number of carbonyl (C=O) groups is 1. The van der Waals surface area contributed by atoms with E-state index in [2.05, 4.69) is 10.0 Å². The Morgan fingerprint density at radius 2 is 2.00 bits per heavy atom. The maximum atomic E-state index is 12.5. The molecular formula is C16H15ClN2O4S. The van der Waals surface area contributed by atoms with E-state index in [4.69, 9.17) is 16.3 Å². The zero-order chi connectivity index (χ0) is 17.3. The number of benzene rings is 2. The quantitative estimate of drug-likeness (QED) is 0.871. The van der Waals surface area contributed by atoms with Gasteiger partial charge < -0.3 is 10.1 Å². The van der Waals surface area contributed by atoms with Gasteiger partial charge in [0.15, 0.2) is 0 Å². The highest BCUT2D eigenvalue weighted by Crippen LogP contribution is 2.30. The van der Waals surface area contributed by atoms with Crippen molar-refractivity contribution in [1.82, 2.24) is 0 Å². The summed E-state index contributed by atoms with van der Waals surface area (Å²) in [6.45, 7) is 1.94. The number of rotatable bonds is 4. The van der Waals surface area contributed by atoms with Gasteiger partial charge >= 0.3 is 0 Å². The summed E-state index contributed by atoms with van der Waals surface area (Å²) in [5, 5.41) is 2.77. The predicted molar refractivity (Wildman–Crippen MR) is 92.2 cm³/mol. The zero-order valence-electron chi connectivity index (χ0n) is 12.8. The SMILES string of the molecule is CC(=O)Nc1ccc(NS(=O)(=O)c2ccc3c(c2)CCO3)c(Cl)c1. The Balaban J connectivity index is 1.85. The molecule has 0 fully saturated rings. The van der Waals surface area contributed by atoms with Crippen molar-refractivity contribution in [2.24, 2.45) is 0 Å². The Morgan fingerprint density at radius 3 is 2.71 bits per heavy atom. The standard InChI is InChI=1S/C16H15ClN2O4S/c1-10(20)18-12-2-4-15(14(17)9-12)19-24(21,22)13-3-5-16-11(8-13)6-7-23-16/h2-5,8-9,19H,6-7H2,1H3,(H,18,20). The fraction of sp³-hybridized carbons (Fsp3) is 0.188. The van der Waals surface area contributed by atoms with E-state index in [0.29, 0.717) is 24.5 Å². The first kappa shape index (κ1) is 16.6. The van der Waals surface area contributed by atoms with Crippen LogP contribution in [0.4, 0.5) is 11.4 Å². The molecule has 8 heteroatoms. The fourth-order valence-corrected chi connectivity index (χ4v) is 3.83. The molecule has 1 aliphatic heterocycles. The average Bonchev–Trinajstić information content (AvgIpc) is 2.97. The average molecular weight is 367 g/mol. The Bertz CT molecular complexity index is 912. The van der Waals surface area contributed by atoms with Gasteiger partial charge in [-0.3, -0.25) is 9.52 Å². The minimum absolute atomic E-state index is 0.147. The Labute approximate surface area is 144 Å². The van der Waals surface area contributed by atoms with Gasteiger partial charge in [-0.2, -0.15) is 0 Å². The second-order valence-corrected chi connectivity index (χ2v) is 7.44. The lowest BCUT2D eigenvalue weighted by Crippen LogP contribution is -2.13. The summed E-state index contributed by atoms with van der Waals surface area (Å²) < 4.78 is 32.9. The summed E-state index contributed by atoms with van der Waals surface area (Å²) in [4.78, 5) is 11.2. The van der Waals surface area contributed by atoms with Gasteiger partial charge in [0, 0.05) is 19.0 Å². The second-order valence-electron chi connectivity index (χ2n) is 5.35. The van der Waals surface area contributed by atoms with Gasteiger partial charge in [0.25, 0.3) is 10.0 Å². The lowest BCUT2D eigenvalue weighted by atomic mass is 10.2. The molecule has 126 valence electrons. The summed E-state index contributed by atoms with van der Waals surface area (Å²) in [6, 6.07) is 9.30. The molecule has 0 saturated heterocycles. The molecule has 2 N–H and O–H groups in total. The third-order valence-electron chi connectivity index (χ3n) is 3.50. The number of sulfonamides is 1. The number of ether oxygens (including phenoxy) is 1. The highest BCUT2D eigenvalue weighted by atomic mass is 35.5. The first-order chi connectivity index (χ1) is 11.3. The number of hydrogen-bond donors (Lipinski definition) is 2. The van der Waals surface area contributed by atoms with Crippen LogP contribution in [-0.4, -0.2) is 20.9 Å². The largest absolute Gasteiger partial charge is 0.493 e. The van der Waals surface area contributed by atoms with E-state index in [1.54, 1.807) is 18.2 Å². The molecule has 0 atom stereocenters. The van der Waals surface area contributed by atoms with Crippen molar-refractivity contribution < 1.29 is 17.9 Å². The van der Waals surface area contributed by atoms with Gasteiger partial charge in [0.2, 0.25) is 5.91 Å². The maximum absolute atomic E-state index is 12.5. The van der Waals surface area contributed by atoms with Gasteiger partial charge in [-0.1, -0.05) is 11.6 Å². The van der Waals surface area contributed by atoms with Crippen molar-refractivity contribution in [1.29, 1.82) is 0 Å². The molecule has 3 rings (SSSR count). The van der Waals surface area contributed by atoms with Crippen LogP contribution in [0.1, 0.15) is 12.5 Å². The van der Waals surface area contributed by atoms with E-state index in [1.807, 2.05) is 0 Å². The highest BCUT2D eigenvalue weighted by molar-refractivity contribution is 7.92. The third-order valence-corrected chi connectivity index (χ3v) is 5.18. The maximum Gasteiger partial charge on any atom is 0.261 e. The van der Waals surface area contributed by atoms with Crippen molar-refractivity contribution >= 4 is 38.9 Å². The van der Waals surface area contributed by atoms with Crippen LogP contribution in [0.3, 0.4) is 0 Å². The molecule has 0 radical (unpaired) electrons. The van der Waals surface area contributed by atoms with Crippen LogP contribution in [0.15, 0.2) is 41.3 Å². The highest BCUT2D eigenvalue weighted by Gasteiger charge is 2.20. The molecule has 1 aliphatic rings. The molecule has 24 heavy (non-hydrogen) atoms. The number of nitrogens with one attached hydrogen (secondary N) is 2. The van der Waals surface area contributed by atoms with E-state index >= 15 is 0 Å². The van der Waals surface area contributed by atoms with E-state index in [-0.39, 0.29) is 21.5 Å². The molecule has 6 nitrogen and oxygen atoms in total. The number of amides is 1. The van der Waals surface area contributed by atoms with Crippen LogP contribution in [-0.2, 0) is 21.2 Å². The number of fused-ring (bicyclic) bond motifs is 1. The monoisotopic (exact) mass is 366 g/mol. The third kappa shape index (κ3) is 3.47. The minimum atomic E-state index is -3.77. The Hall–Kier alpha value is -2.25. The van der Waals surface area contributed by atoms with Crippen LogP contribution in [0.2, 0.25) is 5.02 Å². The first-order valence-corrected chi connectivity index (χ1v) is 9.07.